The molecule has 1 aliphatic rings. The van der Waals surface area contributed by atoms with E-state index < -0.39 is 5.60 Å². The molecule has 172 valence electrons. The summed E-state index contributed by atoms with van der Waals surface area (Å²) >= 11 is 0. The minimum atomic E-state index is -0.853. The lowest BCUT2D eigenvalue weighted by Gasteiger charge is -2.27. The van der Waals surface area contributed by atoms with E-state index >= 15 is 0 Å². The van der Waals surface area contributed by atoms with Crippen LogP contribution in [0.1, 0.15) is 56.0 Å². The quantitative estimate of drug-likeness (QED) is 0.483. The van der Waals surface area contributed by atoms with E-state index in [-0.39, 0.29) is 25.2 Å². The summed E-state index contributed by atoms with van der Waals surface area (Å²) in [5, 5.41) is 0. The molecule has 2 aromatic rings. The Labute approximate surface area is 188 Å². The second kappa shape index (κ2) is 9.94. The molecule has 0 bridgehead atoms. The third kappa shape index (κ3) is 4.98. The molecule has 7 heteroatoms. The molecular weight excluding hydrogens is 412 g/mol. The lowest BCUT2D eigenvalue weighted by molar-refractivity contribution is -0.159. The molecule has 0 saturated carbocycles. The van der Waals surface area contributed by atoms with Crippen LogP contribution < -0.4 is 14.2 Å². The van der Waals surface area contributed by atoms with Crippen LogP contribution in [-0.4, -0.2) is 38.4 Å². The van der Waals surface area contributed by atoms with Gasteiger partial charge in [-0.3, -0.25) is 4.79 Å². The number of hydrogen-bond acceptors (Lipinski definition) is 7. The van der Waals surface area contributed by atoms with Gasteiger partial charge in [0.2, 0.25) is 5.75 Å². The second-order valence-corrected chi connectivity index (χ2v) is 8.21. The molecule has 7 nitrogen and oxygen atoms in total. The molecule has 0 amide bonds. The van der Waals surface area contributed by atoms with E-state index in [0.29, 0.717) is 29.2 Å². The second-order valence-electron chi connectivity index (χ2n) is 8.21. The van der Waals surface area contributed by atoms with Crippen LogP contribution in [0, 0.1) is 0 Å². The van der Waals surface area contributed by atoms with Crippen LogP contribution in [0.5, 0.6) is 17.2 Å². The Morgan fingerprint density at radius 2 is 1.78 bits per heavy atom. The molecule has 1 heterocycles. The molecule has 1 aliphatic heterocycles. The first-order valence-electron chi connectivity index (χ1n) is 10.7. The number of carbonyl (C=O) groups excluding carboxylic acids is 2. The summed E-state index contributed by atoms with van der Waals surface area (Å²) in [6, 6.07) is 9.10. The molecule has 0 aliphatic carbocycles. The van der Waals surface area contributed by atoms with Gasteiger partial charge < -0.3 is 23.7 Å². The summed E-state index contributed by atoms with van der Waals surface area (Å²) in [4.78, 5) is 24.2. The van der Waals surface area contributed by atoms with E-state index in [4.69, 9.17) is 23.7 Å². The first-order chi connectivity index (χ1) is 15.3. The molecule has 3 rings (SSSR count). The summed E-state index contributed by atoms with van der Waals surface area (Å²) in [5.41, 5.74) is 2.01. The maximum Gasteiger partial charge on any atom is 0.338 e. The van der Waals surface area contributed by atoms with Crippen molar-refractivity contribution in [3.05, 3.63) is 41.5 Å². The fourth-order valence-corrected chi connectivity index (χ4v) is 3.61. The highest BCUT2D eigenvalue weighted by molar-refractivity contribution is 5.96. The van der Waals surface area contributed by atoms with Gasteiger partial charge >= 0.3 is 11.9 Å². The number of ether oxygens (including phenoxy) is 5. The van der Waals surface area contributed by atoms with Gasteiger partial charge in [0.15, 0.2) is 11.5 Å². The van der Waals surface area contributed by atoms with Crippen LogP contribution in [0.25, 0.3) is 11.1 Å². The summed E-state index contributed by atoms with van der Waals surface area (Å²) in [5.74, 6) is 0.766. The fraction of sp³-hybridized carbons (Fsp3) is 0.440. The van der Waals surface area contributed by atoms with Crippen molar-refractivity contribution in [2.24, 2.45) is 0 Å². The van der Waals surface area contributed by atoms with Crippen LogP contribution >= 0.6 is 0 Å². The number of rotatable bonds is 10. The molecule has 0 radical (unpaired) electrons. The van der Waals surface area contributed by atoms with Gasteiger partial charge in [-0.05, 0) is 44.0 Å². The number of fused-ring (bicyclic) bond motifs is 1. The Morgan fingerprint density at radius 3 is 2.47 bits per heavy atom. The number of cyclic esters (lactones) is 1. The third-order valence-electron chi connectivity index (χ3n) is 5.22. The van der Waals surface area contributed by atoms with Crippen molar-refractivity contribution < 1.29 is 33.3 Å². The lowest BCUT2D eigenvalue weighted by Crippen LogP contribution is -2.35. The van der Waals surface area contributed by atoms with Crippen molar-refractivity contribution in [1.29, 1.82) is 0 Å². The Hall–Kier alpha value is -3.22. The monoisotopic (exact) mass is 442 g/mol. The van der Waals surface area contributed by atoms with Gasteiger partial charge in [-0.2, -0.15) is 0 Å². The Balaban J connectivity index is 1.96. The predicted molar refractivity (Wildman–Crippen MR) is 119 cm³/mol. The van der Waals surface area contributed by atoms with Crippen molar-refractivity contribution in [1.82, 2.24) is 0 Å². The van der Waals surface area contributed by atoms with E-state index in [2.05, 4.69) is 0 Å². The zero-order valence-electron chi connectivity index (χ0n) is 19.3. The van der Waals surface area contributed by atoms with E-state index in [1.165, 1.54) is 7.11 Å². The SMILES string of the molecule is CCCCC(=O)OC(C)(C)COc1c(-c2cccc3c2COC3=O)ccc(OC)c1OC. The number of benzene rings is 2. The van der Waals surface area contributed by atoms with Gasteiger partial charge in [0.25, 0.3) is 0 Å². The number of hydrogen-bond donors (Lipinski definition) is 0. The highest BCUT2D eigenvalue weighted by Crippen LogP contribution is 2.46. The summed E-state index contributed by atoms with van der Waals surface area (Å²) in [7, 11) is 3.08. The Bertz CT molecular complexity index is 994. The van der Waals surface area contributed by atoms with Crippen molar-refractivity contribution in [2.45, 2.75) is 52.2 Å². The maximum atomic E-state index is 12.1. The van der Waals surface area contributed by atoms with Crippen LogP contribution in [0.3, 0.4) is 0 Å². The third-order valence-corrected chi connectivity index (χ3v) is 5.22. The average Bonchev–Trinajstić information content (AvgIpc) is 3.16. The van der Waals surface area contributed by atoms with Crippen LogP contribution in [-0.2, 0) is 20.9 Å². The highest BCUT2D eigenvalue weighted by atomic mass is 16.6. The van der Waals surface area contributed by atoms with Crippen LogP contribution in [0.4, 0.5) is 0 Å². The zero-order chi connectivity index (χ0) is 23.3. The summed E-state index contributed by atoms with van der Waals surface area (Å²) in [6.07, 6.45) is 2.07. The first-order valence-corrected chi connectivity index (χ1v) is 10.7. The normalized spacial score (nSPS) is 12.7. The van der Waals surface area contributed by atoms with E-state index in [1.807, 2.05) is 19.1 Å². The fourth-order valence-electron chi connectivity index (χ4n) is 3.61. The Kier molecular flexibility index (Phi) is 7.28. The molecule has 0 saturated heterocycles. The largest absolute Gasteiger partial charge is 0.493 e. The summed E-state index contributed by atoms with van der Waals surface area (Å²) in [6.45, 7) is 5.92. The summed E-state index contributed by atoms with van der Waals surface area (Å²) < 4.78 is 28.1. The molecule has 0 spiro atoms. The first kappa shape index (κ1) is 23.4. The van der Waals surface area contributed by atoms with E-state index in [1.54, 1.807) is 39.2 Å². The van der Waals surface area contributed by atoms with Crippen molar-refractivity contribution >= 4 is 11.9 Å². The zero-order valence-corrected chi connectivity index (χ0v) is 19.3. The van der Waals surface area contributed by atoms with Gasteiger partial charge in [-0.1, -0.05) is 25.5 Å². The van der Waals surface area contributed by atoms with Crippen molar-refractivity contribution in [2.75, 3.05) is 20.8 Å². The van der Waals surface area contributed by atoms with Crippen molar-refractivity contribution in [3.8, 4) is 28.4 Å². The van der Waals surface area contributed by atoms with Crippen LogP contribution in [0.2, 0.25) is 0 Å². The maximum absolute atomic E-state index is 12.1. The average molecular weight is 443 g/mol. The highest BCUT2D eigenvalue weighted by Gasteiger charge is 2.29. The van der Waals surface area contributed by atoms with Gasteiger partial charge in [-0.25, -0.2) is 4.79 Å². The van der Waals surface area contributed by atoms with Gasteiger partial charge in [-0.15, -0.1) is 0 Å². The minimum absolute atomic E-state index is 0.103. The smallest absolute Gasteiger partial charge is 0.338 e. The number of unbranched alkanes of at least 4 members (excludes halogenated alkanes) is 1. The molecule has 32 heavy (non-hydrogen) atoms. The number of methoxy groups -OCH3 is 2. The minimum Gasteiger partial charge on any atom is -0.493 e. The van der Waals surface area contributed by atoms with Gasteiger partial charge in [0, 0.05) is 17.5 Å². The topological polar surface area (TPSA) is 80.3 Å². The van der Waals surface area contributed by atoms with Gasteiger partial charge in [0.05, 0.1) is 19.8 Å². The molecule has 0 atom stereocenters. The molecular formula is C25H30O7. The van der Waals surface area contributed by atoms with E-state index in [9.17, 15) is 9.59 Å². The van der Waals surface area contributed by atoms with Crippen molar-refractivity contribution in [3.63, 3.8) is 0 Å². The molecule has 0 aromatic heterocycles. The molecule has 0 N–H and O–H groups in total. The Morgan fingerprint density at radius 1 is 1.03 bits per heavy atom. The lowest BCUT2D eigenvalue weighted by atomic mass is 9.95. The van der Waals surface area contributed by atoms with Gasteiger partial charge in [0.1, 0.15) is 18.8 Å². The molecule has 2 aromatic carbocycles. The van der Waals surface area contributed by atoms with Crippen LogP contribution in [0.15, 0.2) is 30.3 Å². The van der Waals surface area contributed by atoms with E-state index in [0.717, 1.165) is 29.5 Å². The standard InChI is InChI=1S/C25H30O7/c1-6-7-11-21(26)32-25(2,3)15-31-22-17(12-13-20(28-4)23(22)29-5)16-9-8-10-18-19(16)14-30-24(18)27/h8-10,12-13H,6-7,11,14-15H2,1-5H3. The predicted octanol–water partition coefficient (Wildman–Crippen LogP) is 4.93. The number of carbonyl (C=O) groups is 2. The molecule has 0 unspecified atom stereocenters. The molecule has 0 fully saturated rings. The number of esters is 2.